The van der Waals surface area contributed by atoms with Gasteiger partial charge in [0.2, 0.25) is 0 Å². The van der Waals surface area contributed by atoms with Crippen molar-refractivity contribution < 1.29 is 4.79 Å². The normalized spacial score (nSPS) is 30.7. The number of amides is 1. The summed E-state index contributed by atoms with van der Waals surface area (Å²) in [6.45, 7) is 7.26. The van der Waals surface area contributed by atoms with Crippen LogP contribution in [0.25, 0.3) is 0 Å². The molecule has 3 aliphatic rings. The van der Waals surface area contributed by atoms with Gasteiger partial charge in [0.15, 0.2) is 0 Å². The van der Waals surface area contributed by atoms with Crippen LogP contribution in [-0.2, 0) is 0 Å². The summed E-state index contributed by atoms with van der Waals surface area (Å²) in [5.74, 6) is 0.103. The van der Waals surface area contributed by atoms with E-state index in [0.29, 0.717) is 17.8 Å². The number of fused-ring (bicyclic) bond motifs is 1. The minimum absolute atomic E-state index is 0. The molecule has 1 aromatic rings. The molecule has 3 unspecified atom stereocenters. The van der Waals surface area contributed by atoms with E-state index in [1.54, 1.807) is 0 Å². The smallest absolute Gasteiger partial charge is 0.274 e. The number of aromatic nitrogens is 2. The van der Waals surface area contributed by atoms with Gasteiger partial charge < -0.3 is 10.2 Å². The van der Waals surface area contributed by atoms with E-state index in [1.807, 2.05) is 21.8 Å². The Hall–Kier alpha value is -1.11. The number of rotatable bonds is 2. The molecule has 3 fully saturated rings. The maximum absolute atomic E-state index is 12.9. The van der Waals surface area contributed by atoms with Gasteiger partial charge in [-0.05, 0) is 51.8 Å². The van der Waals surface area contributed by atoms with E-state index in [4.69, 9.17) is 0 Å². The summed E-state index contributed by atoms with van der Waals surface area (Å²) in [6, 6.07) is 3.11. The molecule has 3 atom stereocenters. The van der Waals surface area contributed by atoms with Crippen LogP contribution in [0.15, 0.2) is 12.3 Å². The molecule has 7 heteroatoms. The average molecular weight is 354 g/mol. The Morgan fingerprint density at radius 1 is 1.25 bits per heavy atom. The van der Waals surface area contributed by atoms with Crippen LogP contribution in [0.5, 0.6) is 0 Å². The first kappa shape index (κ1) is 17.7. The molecule has 24 heavy (non-hydrogen) atoms. The van der Waals surface area contributed by atoms with Gasteiger partial charge in [-0.3, -0.25) is 14.4 Å². The van der Waals surface area contributed by atoms with Crippen molar-refractivity contribution >= 4 is 18.3 Å². The number of carbonyl (C=O) groups excluding carboxylic acids is 1. The summed E-state index contributed by atoms with van der Waals surface area (Å²) in [5, 5.41) is 8.01. The quantitative estimate of drug-likeness (QED) is 0.876. The zero-order valence-corrected chi connectivity index (χ0v) is 15.2. The van der Waals surface area contributed by atoms with Crippen LogP contribution in [0, 0.1) is 0 Å². The van der Waals surface area contributed by atoms with Crippen molar-refractivity contribution in [3.63, 3.8) is 0 Å². The Morgan fingerprint density at radius 2 is 2.08 bits per heavy atom. The van der Waals surface area contributed by atoms with Crippen molar-refractivity contribution in [3.8, 4) is 0 Å². The molecule has 3 aliphatic heterocycles. The van der Waals surface area contributed by atoms with E-state index in [-0.39, 0.29) is 24.4 Å². The number of piperidine rings is 1. The molecule has 3 saturated heterocycles. The molecule has 1 N–H and O–H groups in total. The van der Waals surface area contributed by atoms with E-state index in [1.165, 1.54) is 25.8 Å². The molecule has 6 nitrogen and oxygen atoms in total. The van der Waals surface area contributed by atoms with Gasteiger partial charge in [-0.1, -0.05) is 0 Å². The Kier molecular flexibility index (Phi) is 5.47. The summed E-state index contributed by atoms with van der Waals surface area (Å²) in [6.07, 6.45) is 6.77. The third kappa shape index (κ3) is 3.32. The van der Waals surface area contributed by atoms with Crippen molar-refractivity contribution in [1.82, 2.24) is 24.9 Å². The monoisotopic (exact) mass is 353 g/mol. The molecule has 0 radical (unpaired) electrons. The predicted molar refractivity (Wildman–Crippen MR) is 95.7 cm³/mol. The standard InChI is InChI=1S/C17H27N5O.ClH/c1-13-11-20-8-3-5-15(20)12-21(13)17(23)16-6-9-22(19-16)14-4-2-7-18-10-14;/h6,9,13-15,18H,2-5,7-8,10-12H2,1H3;1H. The van der Waals surface area contributed by atoms with Crippen molar-refractivity contribution in [2.45, 2.75) is 50.7 Å². The van der Waals surface area contributed by atoms with Gasteiger partial charge in [0.05, 0.1) is 6.04 Å². The van der Waals surface area contributed by atoms with Crippen LogP contribution in [-0.4, -0.2) is 70.3 Å². The molecule has 0 saturated carbocycles. The summed E-state index contributed by atoms with van der Waals surface area (Å²) in [7, 11) is 0. The highest BCUT2D eigenvalue weighted by atomic mass is 35.5. The molecule has 4 rings (SSSR count). The Labute approximate surface area is 150 Å². The first-order valence-corrected chi connectivity index (χ1v) is 9.03. The lowest BCUT2D eigenvalue weighted by Crippen LogP contribution is -2.56. The third-order valence-electron chi connectivity index (χ3n) is 5.67. The topological polar surface area (TPSA) is 53.4 Å². The molecule has 0 aromatic carbocycles. The van der Waals surface area contributed by atoms with E-state index in [0.717, 1.165) is 32.6 Å². The summed E-state index contributed by atoms with van der Waals surface area (Å²) < 4.78 is 1.98. The predicted octanol–water partition coefficient (Wildman–Crippen LogP) is 1.54. The molecular formula is C17H28ClN5O. The highest BCUT2D eigenvalue weighted by Crippen LogP contribution is 2.25. The van der Waals surface area contributed by atoms with Crippen molar-refractivity contribution in [1.29, 1.82) is 0 Å². The minimum Gasteiger partial charge on any atom is -0.332 e. The SMILES string of the molecule is CC1CN2CCCC2CN1C(=O)c1ccn(C2CCCNC2)n1.Cl. The van der Waals surface area contributed by atoms with Crippen LogP contribution in [0.2, 0.25) is 0 Å². The van der Waals surface area contributed by atoms with Gasteiger partial charge in [0, 0.05) is 37.9 Å². The van der Waals surface area contributed by atoms with Crippen LogP contribution in [0.4, 0.5) is 0 Å². The van der Waals surface area contributed by atoms with Crippen molar-refractivity contribution in [2.24, 2.45) is 0 Å². The second-order valence-corrected chi connectivity index (χ2v) is 7.28. The van der Waals surface area contributed by atoms with Gasteiger partial charge in [-0.2, -0.15) is 5.10 Å². The second kappa shape index (κ2) is 7.42. The number of nitrogens with zero attached hydrogens (tertiary/aromatic N) is 4. The first-order chi connectivity index (χ1) is 11.2. The average Bonchev–Trinajstić information content (AvgIpc) is 3.23. The molecule has 1 amide bonds. The Balaban J connectivity index is 0.00000169. The van der Waals surface area contributed by atoms with Gasteiger partial charge in [0.25, 0.3) is 5.91 Å². The largest absolute Gasteiger partial charge is 0.332 e. The van der Waals surface area contributed by atoms with E-state index in [2.05, 4.69) is 22.2 Å². The van der Waals surface area contributed by atoms with Gasteiger partial charge in [0.1, 0.15) is 5.69 Å². The zero-order valence-electron chi connectivity index (χ0n) is 14.4. The maximum atomic E-state index is 12.9. The van der Waals surface area contributed by atoms with E-state index in [9.17, 15) is 4.79 Å². The van der Waals surface area contributed by atoms with Crippen molar-refractivity contribution in [2.75, 3.05) is 32.7 Å². The van der Waals surface area contributed by atoms with Crippen LogP contribution in [0.3, 0.4) is 0 Å². The van der Waals surface area contributed by atoms with Crippen LogP contribution in [0.1, 0.15) is 49.1 Å². The second-order valence-electron chi connectivity index (χ2n) is 7.28. The Bertz CT molecular complexity index is 571. The summed E-state index contributed by atoms with van der Waals surface area (Å²) >= 11 is 0. The lowest BCUT2D eigenvalue weighted by molar-refractivity contribution is 0.0389. The Morgan fingerprint density at radius 3 is 2.88 bits per heavy atom. The zero-order chi connectivity index (χ0) is 15.8. The minimum atomic E-state index is 0. The van der Waals surface area contributed by atoms with E-state index < -0.39 is 0 Å². The molecule has 134 valence electrons. The number of nitrogens with one attached hydrogen (secondary N) is 1. The molecule has 0 aliphatic carbocycles. The lowest BCUT2D eigenvalue weighted by Gasteiger charge is -2.42. The highest BCUT2D eigenvalue weighted by Gasteiger charge is 2.37. The number of piperazine rings is 1. The fraction of sp³-hybridized carbons (Fsp3) is 0.765. The fourth-order valence-corrected chi connectivity index (χ4v) is 4.33. The van der Waals surface area contributed by atoms with Gasteiger partial charge in [-0.25, -0.2) is 0 Å². The van der Waals surface area contributed by atoms with Gasteiger partial charge >= 0.3 is 0 Å². The third-order valence-corrected chi connectivity index (χ3v) is 5.67. The summed E-state index contributed by atoms with van der Waals surface area (Å²) in [5.41, 5.74) is 0.605. The van der Waals surface area contributed by atoms with Crippen LogP contribution >= 0.6 is 12.4 Å². The fourth-order valence-electron chi connectivity index (χ4n) is 4.33. The maximum Gasteiger partial charge on any atom is 0.274 e. The molecule has 0 bridgehead atoms. The number of hydrogen-bond donors (Lipinski definition) is 1. The highest BCUT2D eigenvalue weighted by molar-refractivity contribution is 5.92. The lowest BCUT2D eigenvalue weighted by atomic mass is 10.1. The summed E-state index contributed by atoms with van der Waals surface area (Å²) in [4.78, 5) is 17.5. The molecular weight excluding hydrogens is 326 g/mol. The van der Waals surface area contributed by atoms with Crippen LogP contribution < -0.4 is 5.32 Å². The van der Waals surface area contributed by atoms with Crippen molar-refractivity contribution in [3.05, 3.63) is 18.0 Å². The molecule has 0 spiro atoms. The molecule has 4 heterocycles. The number of hydrogen-bond acceptors (Lipinski definition) is 4. The van der Waals surface area contributed by atoms with Gasteiger partial charge in [-0.15, -0.1) is 12.4 Å². The number of carbonyl (C=O) groups is 1. The number of halogens is 1. The first-order valence-electron chi connectivity index (χ1n) is 9.03. The van der Waals surface area contributed by atoms with E-state index >= 15 is 0 Å². The molecule has 1 aromatic heterocycles.